The molecule has 1 aromatic carbocycles. The number of sulfonamides is 1. The van der Waals surface area contributed by atoms with E-state index in [0.29, 0.717) is 0 Å². The molecule has 1 fully saturated rings. The molecule has 0 aliphatic carbocycles. The summed E-state index contributed by atoms with van der Waals surface area (Å²) < 4.78 is 37.0. The number of hydroxylamine groups is 1. The molecule has 0 spiro atoms. The maximum Gasteiger partial charge on any atom is 0.483 e. The third-order valence-electron chi connectivity index (χ3n) is 3.96. The van der Waals surface area contributed by atoms with Crippen LogP contribution in [0.2, 0.25) is 0 Å². The summed E-state index contributed by atoms with van der Waals surface area (Å²) in [5.41, 5.74) is -1.29. The lowest BCUT2D eigenvalue weighted by Crippen LogP contribution is -2.60. The Morgan fingerprint density at radius 3 is 2.26 bits per heavy atom. The lowest BCUT2D eigenvalue weighted by Gasteiger charge is -2.34. The van der Waals surface area contributed by atoms with E-state index in [9.17, 15) is 23.7 Å². The lowest BCUT2D eigenvalue weighted by molar-refractivity contribution is -0.827. The molecule has 0 unspecified atom stereocenters. The molecule has 11 nitrogen and oxygen atoms in total. The molecule has 12 heteroatoms. The van der Waals surface area contributed by atoms with Gasteiger partial charge in [0.1, 0.15) is 11.5 Å². The third-order valence-corrected chi connectivity index (χ3v) is 5.44. The van der Waals surface area contributed by atoms with Gasteiger partial charge in [-0.1, -0.05) is 17.7 Å². The Bertz CT molecular complexity index is 811. The van der Waals surface area contributed by atoms with Gasteiger partial charge in [-0.15, -0.1) is 0 Å². The molecule has 2 rings (SSSR count). The van der Waals surface area contributed by atoms with Gasteiger partial charge in [0.25, 0.3) is 0 Å². The normalized spacial score (nSPS) is 19.6. The molecule has 0 atom stereocenters. The number of nitrogens with zero attached hydrogens (tertiary/aromatic N) is 3. The van der Waals surface area contributed by atoms with Gasteiger partial charge >= 0.3 is 5.66 Å². The summed E-state index contributed by atoms with van der Waals surface area (Å²) in [7, 11) is -3.76. The zero-order valence-electron chi connectivity index (χ0n) is 15.2. The van der Waals surface area contributed by atoms with Crippen LogP contribution >= 0.6 is 0 Å². The van der Waals surface area contributed by atoms with Crippen LogP contribution in [-0.2, 0) is 19.5 Å². The van der Waals surface area contributed by atoms with Crippen LogP contribution in [0.15, 0.2) is 34.3 Å². The zero-order valence-corrected chi connectivity index (χ0v) is 16.1. The van der Waals surface area contributed by atoms with Gasteiger partial charge < -0.3 is 14.7 Å². The molecule has 1 aliphatic rings. The van der Waals surface area contributed by atoms with Crippen molar-refractivity contribution in [1.82, 2.24) is 4.72 Å². The number of rotatable bonds is 7. The number of hydrogen-bond acceptors (Lipinski definition) is 8. The Labute approximate surface area is 156 Å². The van der Waals surface area contributed by atoms with E-state index >= 15 is 0 Å². The van der Waals surface area contributed by atoms with Crippen molar-refractivity contribution in [2.75, 3.05) is 26.3 Å². The highest BCUT2D eigenvalue weighted by Crippen LogP contribution is 2.26. The Hall–Kier alpha value is -2.15. The van der Waals surface area contributed by atoms with Crippen LogP contribution in [0.5, 0.6) is 0 Å². The van der Waals surface area contributed by atoms with E-state index in [-0.39, 0.29) is 22.8 Å². The van der Waals surface area contributed by atoms with E-state index in [0.717, 1.165) is 5.56 Å². The predicted molar refractivity (Wildman–Crippen MR) is 93.0 cm³/mol. The van der Waals surface area contributed by atoms with Crippen LogP contribution in [0.25, 0.3) is 0 Å². The van der Waals surface area contributed by atoms with E-state index in [1.165, 1.54) is 12.1 Å². The third kappa shape index (κ3) is 4.97. The number of nitrogens with one attached hydrogen (secondary N) is 1. The topological polar surface area (TPSA) is 146 Å². The van der Waals surface area contributed by atoms with E-state index in [1.54, 1.807) is 26.0 Å². The molecule has 0 bridgehead atoms. The molecule has 150 valence electrons. The second-order valence-electron chi connectivity index (χ2n) is 6.57. The van der Waals surface area contributed by atoms with Crippen LogP contribution in [0.1, 0.15) is 19.4 Å². The molecule has 1 heterocycles. The van der Waals surface area contributed by atoms with Crippen molar-refractivity contribution in [3.8, 4) is 0 Å². The van der Waals surface area contributed by atoms with Crippen LogP contribution in [0, 0.1) is 22.2 Å². The first-order valence-electron chi connectivity index (χ1n) is 8.12. The van der Waals surface area contributed by atoms with Crippen LogP contribution in [0.4, 0.5) is 0 Å². The molecule has 0 aromatic heterocycles. The molecule has 1 saturated heterocycles. The van der Waals surface area contributed by atoms with Crippen molar-refractivity contribution >= 4 is 10.0 Å². The van der Waals surface area contributed by atoms with Gasteiger partial charge in [-0.3, -0.25) is 10.1 Å². The van der Waals surface area contributed by atoms with Gasteiger partial charge in [-0.25, -0.2) is 13.1 Å². The number of azo groups is 1. The predicted octanol–water partition coefficient (Wildman–Crippen LogP) is 0.992. The van der Waals surface area contributed by atoms with Crippen LogP contribution in [0.3, 0.4) is 0 Å². The van der Waals surface area contributed by atoms with Crippen molar-refractivity contribution in [3.63, 3.8) is 0 Å². The second-order valence-corrected chi connectivity index (χ2v) is 8.33. The van der Waals surface area contributed by atoms with Crippen LogP contribution in [-0.4, -0.2) is 56.0 Å². The fourth-order valence-corrected chi connectivity index (χ4v) is 3.22. The van der Waals surface area contributed by atoms with Gasteiger partial charge in [0.15, 0.2) is 19.0 Å². The second kappa shape index (κ2) is 7.84. The highest BCUT2D eigenvalue weighted by Gasteiger charge is 2.59. The summed E-state index contributed by atoms with van der Waals surface area (Å²) in [6, 6.07) is 6.22. The fraction of sp³-hybridized carbons (Fsp3) is 0.600. The van der Waals surface area contributed by atoms with E-state index in [1.807, 2.05) is 6.92 Å². The summed E-state index contributed by atoms with van der Waals surface area (Å²) in [4.78, 5) is 10.5. The number of ether oxygens (including phenoxy) is 2. The minimum atomic E-state index is -3.76. The van der Waals surface area contributed by atoms with Crippen molar-refractivity contribution in [2.24, 2.45) is 5.11 Å². The Balaban J connectivity index is 2.00. The van der Waals surface area contributed by atoms with Gasteiger partial charge in [0, 0.05) is 6.54 Å². The smallest absolute Gasteiger partial charge is 0.483 e. The monoisotopic (exact) mass is 402 g/mol. The highest BCUT2D eigenvalue weighted by atomic mass is 32.2. The average molecular weight is 402 g/mol. The summed E-state index contributed by atoms with van der Waals surface area (Å²) in [6.45, 7) is 3.48. The average Bonchev–Trinajstić information content (AvgIpc) is 2.59. The zero-order chi connectivity index (χ0) is 20.3. The molecule has 0 amide bonds. The van der Waals surface area contributed by atoms with Crippen molar-refractivity contribution < 1.29 is 27.7 Å². The number of aryl methyl sites for hydroxylation is 1. The first-order chi connectivity index (χ1) is 12.5. The number of hydrogen-bond donors (Lipinski definition) is 1. The Kier molecular flexibility index (Phi) is 6.14. The van der Waals surface area contributed by atoms with E-state index < -0.39 is 39.6 Å². The molecule has 0 radical (unpaired) electrons. The first kappa shape index (κ1) is 21.2. The van der Waals surface area contributed by atoms with Gasteiger partial charge in [-0.2, -0.15) is 0 Å². The molecule has 0 saturated carbocycles. The number of nitro groups is 1. The Morgan fingerprint density at radius 1 is 1.19 bits per heavy atom. The molecule has 1 aliphatic heterocycles. The minimum absolute atomic E-state index is 0.0742. The summed E-state index contributed by atoms with van der Waals surface area (Å²) >= 11 is 0. The highest BCUT2D eigenvalue weighted by molar-refractivity contribution is 7.89. The summed E-state index contributed by atoms with van der Waals surface area (Å²) in [5, 5.41) is 27.1. The molecule has 27 heavy (non-hydrogen) atoms. The maximum absolute atomic E-state index is 12.2. The van der Waals surface area contributed by atoms with E-state index in [2.05, 4.69) is 9.84 Å². The molecule has 1 N–H and O–H groups in total. The van der Waals surface area contributed by atoms with E-state index in [4.69, 9.17) is 9.47 Å². The first-order valence-corrected chi connectivity index (χ1v) is 9.60. The van der Waals surface area contributed by atoms with Gasteiger partial charge in [-0.05, 0) is 42.9 Å². The van der Waals surface area contributed by atoms with Crippen molar-refractivity contribution in [2.45, 2.75) is 37.1 Å². The minimum Gasteiger partial charge on any atom is -0.594 e. The molecular formula is C15H22N4O7S. The largest absolute Gasteiger partial charge is 0.594 e. The molecular weight excluding hydrogens is 380 g/mol. The lowest BCUT2D eigenvalue weighted by atomic mass is 10.2. The van der Waals surface area contributed by atoms with Gasteiger partial charge in [0.05, 0.1) is 4.90 Å². The quantitative estimate of drug-likeness (QED) is 0.179. The SMILES string of the molecule is Cc1ccc(S(=O)(=O)NCCN=[N+]([O-])C2([N+](=O)[O-])COC(C)(C)OC2)cc1. The van der Waals surface area contributed by atoms with Crippen molar-refractivity contribution in [1.29, 1.82) is 0 Å². The summed E-state index contributed by atoms with van der Waals surface area (Å²) in [5.74, 6) is -1.04. The fourth-order valence-electron chi connectivity index (χ4n) is 2.20. The van der Waals surface area contributed by atoms with Crippen molar-refractivity contribution in [3.05, 3.63) is 45.2 Å². The Morgan fingerprint density at radius 2 is 1.74 bits per heavy atom. The maximum atomic E-state index is 12.2. The van der Waals surface area contributed by atoms with Gasteiger partial charge in [0.2, 0.25) is 10.0 Å². The van der Waals surface area contributed by atoms with Crippen LogP contribution < -0.4 is 4.72 Å². The summed E-state index contributed by atoms with van der Waals surface area (Å²) in [6.07, 6.45) is 0. The number of benzene rings is 1. The standard InChI is InChI=1S/C15H22N4O7S/c1-12-4-6-13(7-5-12)27(23,24)17-9-8-16-18(20)15(19(21)22)10-25-14(2,3)26-11-15/h4-7,17H,8-11H2,1-3H3. The molecule has 1 aromatic rings.